The van der Waals surface area contributed by atoms with Gasteiger partial charge in [-0.3, -0.25) is 4.68 Å². The lowest BCUT2D eigenvalue weighted by atomic mass is 10.2. The molecular weight excluding hydrogens is 296 g/mol. The number of ether oxygens (including phenoxy) is 1. The van der Waals surface area contributed by atoms with Gasteiger partial charge in [0.2, 0.25) is 0 Å². The fourth-order valence-electron chi connectivity index (χ4n) is 1.87. The molecule has 96 valence electrons. The Hall–Kier alpha value is -1.36. The molecule has 0 aliphatic carbocycles. The van der Waals surface area contributed by atoms with E-state index in [9.17, 15) is 4.79 Å². The van der Waals surface area contributed by atoms with Gasteiger partial charge in [-0.15, -0.1) is 0 Å². The molecular formula is C13H15BrN2O2. The summed E-state index contributed by atoms with van der Waals surface area (Å²) in [7, 11) is 1.37. The van der Waals surface area contributed by atoms with Crippen LogP contribution in [0.1, 0.15) is 36.8 Å². The summed E-state index contributed by atoms with van der Waals surface area (Å²) in [6.07, 6.45) is 0.952. The summed E-state index contributed by atoms with van der Waals surface area (Å²) in [6.45, 7) is 4.17. The monoisotopic (exact) mass is 310 g/mol. The maximum atomic E-state index is 11.7. The predicted octanol–water partition coefficient (Wildman–Crippen LogP) is 3.56. The molecule has 0 aliphatic heterocycles. The molecule has 2 rings (SSSR count). The lowest BCUT2D eigenvalue weighted by Crippen LogP contribution is -2.08. The zero-order chi connectivity index (χ0) is 13.3. The largest absolute Gasteiger partial charge is 0.464 e. The van der Waals surface area contributed by atoms with Gasteiger partial charge in [-0.1, -0.05) is 22.9 Å². The Morgan fingerprint density at radius 1 is 1.56 bits per heavy atom. The minimum Gasteiger partial charge on any atom is -0.464 e. The van der Waals surface area contributed by atoms with Gasteiger partial charge >= 0.3 is 5.97 Å². The van der Waals surface area contributed by atoms with Crippen LogP contribution >= 0.6 is 15.9 Å². The summed E-state index contributed by atoms with van der Waals surface area (Å²) >= 11 is 3.41. The predicted molar refractivity (Wildman–Crippen MR) is 73.8 cm³/mol. The van der Waals surface area contributed by atoms with Gasteiger partial charge < -0.3 is 4.74 Å². The molecule has 18 heavy (non-hydrogen) atoms. The smallest absolute Gasteiger partial charge is 0.359 e. The molecule has 1 aromatic carbocycles. The molecule has 0 saturated carbocycles. The summed E-state index contributed by atoms with van der Waals surface area (Å²) < 4.78 is 7.58. The number of methoxy groups -OCH3 is 1. The van der Waals surface area contributed by atoms with Crippen LogP contribution in [0.5, 0.6) is 0 Å². The van der Waals surface area contributed by atoms with Crippen molar-refractivity contribution in [1.29, 1.82) is 0 Å². The number of carbonyl (C=O) groups excluding carboxylic acids is 1. The highest BCUT2D eigenvalue weighted by atomic mass is 79.9. The van der Waals surface area contributed by atoms with E-state index in [2.05, 4.69) is 34.9 Å². The van der Waals surface area contributed by atoms with E-state index in [1.165, 1.54) is 7.11 Å². The van der Waals surface area contributed by atoms with E-state index >= 15 is 0 Å². The molecule has 0 unspecified atom stereocenters. The van der Waals surface area contributed by atoms with E-state index in [1.54, 1.807) is 0 Å². The summed E-state index contributed by atoms with van der Waals surface area (Å²) in [5, 5.41) is 5.21. The lowest BCUT2D eigenvalue weighted by Gasteiger charge is -2.10. The first-order valence-corrected chi connectivity index (χ1v) is 6.63. The number of aromatic nitrogens is 2. The normalized spacial score (nSPS) is 12.7. The number of nitrogens with zero attached hydrogens (tertiary/aromatic N) is 2. The van der Waals surface area contributed by atoms with Crippen molar-refractivity contribution in [2.24, 2.45) is 0 Å². The van der Waals surface area contributed by atoms with E-state index in [1.807, 2.05) is 22.9 Å². The van der Waals surface area contributed by atoms with Crippen LogP contribution in [0.3, 0.4) is 0 Å². The second-order valence-electron chi connectivity index (χ2n) is 4.20. The number of hydrogen-bond donors (Lipinski definition) is 0. The van der Waals surface area contributed by atoms with Crippen LogP contribution in [0.15, 0.2) is 22.7 Å². The molecule has 2 aromatic rings. The average molecular weight is 311 g/mol. The maximum absolute atomic E-state index is 11.7. The number of esters is 1. The van der Waals surface area contributed by atoms with Crippen molar-refractivity contribution in [2.45, 2.75) is 26.3 Å². The van der Waals surface area contributed by atoms with Crippen LogP contribution in [-0.2, 0) is 4.74 Å². The molecule has 4 nitrogen and oxygen atoms in total. The first-order valence-electron chi connectivity index (χ1n) is 5.84. The molecule has 5 heteroatoms. The molecule has 1 heterocycles. The molecule has 0 spiro atoms. The van der Waals surface area contributed by atoms with Crippen LogP contribution in [0.2, 0.25) is 0 Å². The highest BCUT2D eigenvalue weighted by Crippen LogP contribution is 2.26. The Kier molecular flexibility index (Phi) is 3.71. The number of benzene rings is 1. The van der Waals surface area contributed by atoms with Crippen molar-refractivity contribution in [3.63, 3.8) is 0 Å². The second kappa shape index (κ2) is 5.10. The standard InChI is InChI=1S/C13H15BrN2O2/c1-4-8(2)16-11-6-5-9(14)7-10(11)12(15-16)13(17)18-3/h5-8H,4H2,1-3H3/t8-/m0/s1. The van der Waals surface area contributed by atoms with Crippen LogP contribution in [-0.4, -0.2) is 22.9 Å². The van der Waals surface area contributed by atoms with Crippen LogP contribution in [0.25, 0.3) is 10.9 Å². The Morgan fingerprint density at radius 2 is 2.28 bits per heavy atom. The third-order valence-corrected chi connectivity index (χ3v) is 3.55. The van der Waals surface area contributed by atoms with E-state index in [0.29, 0.717) is 5.69 Å². The average Bonchev–Trinajstić information content (AvgIpc) is 2.75. The Bertz CT molecular complexity index is 592. The Morgan fingerprint density at radius 3 is 2.89 bits per heavy atom. The van der Waals surface area contributed by atoms with Gasteiger partial charge in [0.1, 0.15) is 0 Å². The van der Waals surface area contributed by atoms with E-state index in [4.69, 9.17) is 4.74 Å². The summed E-state index contributed by atoms with van der Waals surface area (Å²) in [5.74, 6) is -0.403. The molecule has 0 amide bonds. The van der Waals surface area contributed by atoms with Gasteiger partial charge in [0, 0.05) is 15.9 Å². The minimum absolute atomic E-state index is 0.243. The molecule has 0 N–H and O–H groups in total. The van der Waals surface area contributed by atoms with Crippen LogP contribution < -0.4 is 0 Å². The number of rotatable bonds is 3. The third-order valence-electron chi connectivity index (χ3n) is 3.06. The summed E-state index contributed by atoms with van der Waals surface area (Å²) in [5.41, 5.74) is 1.32. The highest BCUT2D eigenvalue weighted by Gasteiger charge is 2.19. The van der Waals surface area contributed by atoms with Crippen molar-refractivity contribution >= 4 is 32.8 Å². The number of carbonyl (C=O) groups is 1. The Balaban J connectivity index is 2.71. The van der Waals surface area contributed by atoms with Crippen LogP contribution in [0.4, 0.5) is 0 Å². The number of fused-ring (bicyclic) bond motifs is 1. The zero-order valence-electron chi connectivity index (χ0n) is 10.6. The molecule has 1 aromatic heterocycles. The topological polar surface area (TPSA) is 44.1 Å². The van der Waals surface area contributed by atoms with E-state index in [0.717, 1.165) is 21.8 Å². The fraction of sp³-hybridized carbons (Fsp3) is 0.385. The molecule has 0 aliphatic rings. The van der Waals surface area contributed by atoms with Crippen molar-refractivity contribution < 1.29 is 9.53 Å². The van der Waals surface area contributed by atoms with Gasteiger partial charge in [-0.25, -0.2) is 4.79 Å². The zero-order valence-corrected chi connectivity index (χ0v) is 12.2. The summed E-state index contributed by atoms with van der Waals surface area (Å²) in [6, 6.07) is 6.05. The van der Waals surface area contributed by atoms with Crippen molar-refractivity contribution in [3.05, 3.63) is 28.4 Å². The molecule has 0 bridgehead atoms. The maximum Gasteiger partial charge on any atom is 0.359 e. The van der Waals surface area contributed by atoms with Gasteiger partial charge in [-0.05, 0) is 31.5 Å². The lowest BCUT2D eigenvalue weighted by molar-refractivity contribution is 0.0595. The van der Waals surface area contributed by atoms with Crippen molar-refractivity contribution in [2.75, 3.05) is 7.11 Å². The van der Waals surface area contributed by atoms with Crippen LogP contribution in [0, 0.1) is 0 Å². The quantitative estimate of drug-likeness (QED) is 0.814. The first kappa shape index (κ1) is 13.1. The molecule has 0 fully saturated rings. The van der Waals surface area contributed by atoms with Gasteiger partial charge in [0.25, 0.3) is 0 Å². The first-order chi connectivity index (χ1) is 8.58. The van der Waals surface area contributed by atoms with E-state index < -0.39 is 5.97 Å². The number of halogens is 1. The fourth-order valence-corrected chi connectivity index (χ4v) is 2.23. The Labute approximate surface area is 114 Å². The number of hydrogen-bond acceptors (Lipinski definition) is 3. The third kappa shape index (κ3) is 2.14. The minimum atomic E-state index is -0.403. The van der Waals surface area contributed by atoms with Crippen molar-refractivity contribution in [1.82, 2.24) is 9.78 Å². The SMILES string of the molecule is CC[C@H](C)n1nc(C(=O)OC)c2cc(Br)ccc21. The molecule has 0 radical (unpaired) electrons. The van der Waals surface area contributed by atoms with E-state index in [-0.39, 0.29) is 6.04 Å². The highest BCUT2D eigenvalue weighted by molar-refractivity contribution is 9.10. The second-order valence-corrected chi connectivity index (χ2v) is 5.12. The van der Waals surface area contributed by atoms with Crippen molar-refractivity contribution in [3.8, 4) is 0 Å². The molecule has 0 saturated heterocycles. The van der Waals surface area contributed by atoms with Gasteiger partial charge in [0.15, 0.2) is 5.69 Å². The summed E-state index contributed by atoms with van der Waals surface area (Å²) in [4.78, 5) is 11.7. The van der Waals surface area contributed by atoms with Gasteiger partial charge in [-0.2, -0.15) is 5.10 Å². The van der Waals surface area contributed by atoms with Gasteiger partial charge in [0.05, 0.1) is 12.6 Å². The molecule has 1 atom stereocenters.